The average Bonchev–Trinajstić information content (AvgIpc) is 2.68. The Bertz CT molecular complexity index is 513. The summed E-state index contributed by atoms with van der Waals surface area (Å²) in [4.78, 5) is 40.5. The Balaban J connectivity index is -0.000000115. The first-order chi connectivity index (χ1) is 15.3. The fraction of sp³-hybridized carbons (Fsp3) is 0.846. The van der Waals surface area contributed by atoms with Crippen molar-refractivity contribution in [1.29, 1.82) is 0 Å². The van der Waals surface area contributed by atoms with Crippen molar-refractivity contribution in [3.05, 3.63) is 0 Å². The minimum absolute atomic E-state index is 0. The van der Waals surface area contributed by atoms with E-state index in [9.17, 15) is 39.6 Å². The molecule has 0 saturated heterocycles. The average molecular weight is 629 g/mol. The maximum Gasteiger partial charge on any atom is 4.00 e. The fourth-order valence-corrected chi connectivity index (χ4v) is 1.88. The van der Waals surface area contributed by atoms with E-state index in [0.717, 1.165) is 38.5 Å². The third-order valence-electron chi connectivity index (χ3n) is 4.69. The Kier molecular flexibility index (Phi) is 31.5. The standard InChI is InChI=1S/2C8H16O2.2C5H10O2.Ce/c2*1-3-5-6-7(4-2)8(9)10;2*1-5(2,3)4(6)7;/h2*7H,3-6H2,1-2H3,(H,9,10);2*1-3H3,(H,6,7);/q;;;;+4/p-4. The number of carboxylic acids is 4. The molecule has 0 aromatic rings. The molecule has 8 nitrogen and oxygen atoms in total. The van der Waals surface area contributed by atoms with Crippen molar-refractivity contribution >= 4 is 23.9 Å². The summed E-state index contributed by atoms with van der Waals surface area (Å²) in [6, 6.07) is 0. The van der Waals surface area contributed by atoms with Crippen LogP contribution >= 0.6 is 0 Å². The summed E-state index contributed by atoms with van der Waals surface area (Å²) in [5.41, 5.74) is -1.39. The molecule has 0 bridgehead atoms. The Morgan fingerprint density at radius 3 is 0.857 bits per heavy atom. The largest absolute Gasteiger partial charge is 4.00 e. The molecule has 0 amide bonds. The van der Waals surface area contributed by atoms with E-state index >= 15 is 0 Å². The van der Waals surface area contributed by atoms with Crippen LogP contribution in [0.2, 0.25) is 0 Å². The van der Waals surface area contributed by atoms with Crippen LogP contribution < -0.4 is 20.4 Å². The normalized spacial score (nSPS) is 11.9. The van der Waals surface area contributed by atoms with E-state index in [1.54, 1.807) is 41.5 Å². The second-order valence-electron chi connectivity index (χ2n) is 10.2. The molecule has 0 aromatic heterocycles. The van der Waals surface area contributed by atoms with E-state index in [-0.39, 0.29) is 53.6 Å². The molecule has 0 heterocycles. The second-order valence-corrected chi connectivity index (χ2v) is 10.2. The molecule has 0 aliphatic carbocycles. The van der Waals surface area contributed by atoms with Gasteiger partial charge in [-0.25, -0.2) is 0 Å². The molecule has 35 heavy (non-hydrogen) atoms. The SMILES string of the molecule is CC(C)(C)C(=O)[O-].CC(C)(C)C(=O)[O-].CCCCC(CC)C(=O)[O-].CCCCC(CC)C(=O)[O-].[Ce+4]. The molecule has 9 heteroatoms. The number of hydrogen-bond acceptors (Lipinski definition) is 8. The van der Waals surface area contributed by atoms with E-state index in [0.29, 0.717) is 12.8 Å². The van der Waals surface area contributed by atoms with Crippen molar-refractivity contribution in [3.8, 4) is 0 Å². The summed E-state index contributed by atoms with van der Waals surface area (Å²) in [5.74, 6) is -4.24. The Labute approximate surface area is 247 Å². The van der Waals surface area contributed by atoms with Crippen LogP contribution in [-0.2, 0) is 19.2 Å². The van der Waals surface area contributed by atoms with Gasteiger partial charge >= 0.3 is 41.7 Å². The third-order valence-corrected chi connectivity index (χ3v) is 4.69. The number of unbranched alkanes of at least 4 members (excludes halogenated alkanes) is 2. The van der Waals surface area contributed by atoms with Crippen molar-refractivity contribution in [2.24, 2.45) is 22.7 Å². The van der Waals surface area contributed by atoms with Crippen molar-refractivity contribution in [2.75, 3.05) is 0 Å². The van der Waals surface area contributed by atoms with Crippen LogP contribution in [0.1, 0.15) is 121 Å². The molecule has 0 saturated carbocycles. The van der Waals surface area contributed by atoms with Gasteiger partial charge in [-0.1, -0.05) is 94.9 Å². The molecular weight excluding hydrogens is 580 g/mol. The monoisotopic (exact) mass is 628 g/mol. The summed E-state index contributed by atoms with van der Waals surface area (Å²) in [7, 11) is 0. The predicted octanol–water partition coefficient (Wildman–Crippen LogP) is 1.47. The molecule has 204 valence electrons. The van der Waals surface area contributed by atoms with Crippen LogP contribution in [0.5, 0.6) is 0 Å². The molecular formula is C26H48CeO8. The number of rotatable bonds is 10. The first-order valence-electron chi connectivity index (χ1n) is 12.2. The van der Waals surface area contributed by atoms with E-state index in [1.165, 1.54) is 0 Å². The van der Waals surface area contributed by atoms with Crippen LogP contribution in [0.25, 0.3) is 0 Å². The molecule has 0 radical (unpaired) electrons. The molecule has 0 aliphatic heterocycles. The van der Waals surface area contributed by atoms with Gasteiger partial charge in [-0.3, -0.25) is 0 Å². The van der Waals surface area contributed by atoms with Crippen LogP contribution in [0.4, 0.5) is 0 Å². The van der Waals surface area contributed by atoms with E-state index in [2.05, 4.69) is 13.8 Å². The summed E-state index contributed by atoms with van der Waals surface area (Å²) >= 11 is 0. The van der Waals surface area contributed by atoms with Gasteiger partial charge < -0.3 is 39.6 Å². The van der Waals surface area contributed by atoms with Crippen LogP contribution in [-0.4, -0.2) is 23.9 Å². The summed E-state index contributed by atoms with van der Waals surface area (Å²) in [6.45, 7) is 17.5. The Morgan fingerprint density at radius 1 is 0.571 bits per heavy atom. The molecule has 0 N–H and O–H groups in total. The zero-order chi connectivity index (χ0) is 28.1. The van der Waals surface area contributed by atoms with Crippen molar-refractivity contribution in [3.63, 3.8) is 0 Å². The number of carbonyl (C=O) groups excluding carboxylic acids is 4. The van der Waals surface area contributed by atoms with E-state index in [1.807, 2.05) is 13.8 Å². The van der Waals surface area contributed by atoms with Gasteiger partial charge in [0.2, 0.25) is 0 Å². The number of carboxylic acid groups (broad SMARTS) is 4. The summed E-state index contributed by atoms with van der Waals surface area (Å²) < 4.78 is 0. The topological polar surface area (TPSA) is 161 Å². The van der Waals surface area contributed by atoms with Gasteiger partial charge in [-0.05, 0) is 37.5 Å². The third kappa shape index (κ3) is 33.3. The van der Waals surface area contributed by atoms with Gasteiger partial charge in [-0.2, -0.15) is 0 Å². The van der Waals surface area contributed by atoms with Gasteiger partial charge in [0.25, 0.3) is 0 Å². The molecule has 2 atom stereocenters. The quantitative estimate of drug-likeness (QED) is 0.352. The molecule has 0 spiro atoms. The van der Waals surface area contributed by atoms with E-state index in [4.69, 9.17) is 0 Å². The van der Waals surface area contributed by atoms with Crippen LogP contribution in [0, 0.1) is 64.4 Å². The fourth-order valence-electron chi connectivity index (χ4n) is 1.88. The molecule has 0 rings (SSSR count). The Morgan fingerprint density at radius 2 is 0.771 bits per heavy atom. The Hall–Kier alpha value is -0.743. The maximum atomic E-state index is 10.3. The summed E-state index contributed by atoms with van der Waals surface area (Å²) in [5, 5.41) is 40.5. The van der Waals surface area contributed by atoms with Gasteiger partial charge in [0.15, 0.2) is 0 Å². The predicted molar refractivity (Wildman–Crippen MR) is 126 cm³/mol. The van der Waals surface area contributed by atoms with Crippen LogP contribution in [0.15, 0.2) is 0 Å². The van der Waals surface area contributed by atoms with Crippen molar-refractivity contribution in [1.82, 2.24) is 0 Å². The van der Waals surface area contributed by atoms with Gasteiger partial charge in [0.1, 0.15) is 0 Å². The maximum absolute atomic E-state index is 10.3. The number of hydrogen-bond donors (Lipinski definition) is 0. The minimum atomic E-state index is -1.01. The molecule has 0 aromatic carbocycles. The second kappa shape index (κ2) is 24.9. The summed E-state index contributed by atoms with van der Waals surface area (Å²) in [6.07, 6.45) is 7.04. The van der Waals surface area contributed by atoms with Gasteiger partial charge in [0, 0.05) is 34.7 Å². The smallest absolute Gasteiger partial charge is 0.550 e. The molecule has 2 unspecified atom stereocenters. The molecule has 0 fully saturated rings. The first kappa shape index (κ1) is 44.3. The van der Waals surface area contributed by atoms with Crippen molar-refractivity contribution < 1.29 is 81.4 Å². The first-order valence-corrected chi connectivity index (χ1v) is 12.2. The zero-order valence-corrected chi connectivity index (χ0v) is 26.7. The number of aliphatic carboxylic acids is 4. The minimum Gasteiger partial charge on any atom is -0.550 e. The zero-order valence-electron chi connectivity index (χ0n) is 23.6. The van der Waals surface area contributed by atoms with Crippen molar-refractivity contribution in [2.45, 2.75) is 121 Å². The van der Waals surface area contributed by atoms with E-state index < -0.39 is 34.7 Å². The number of carbonyl (C=O) groups is 4. The van der Waals surface area contributed by atoms with Gasteiger partial charge in [-0.15, -0.1) is 0 Å². The molecule has 0 aliphatic rings. The van der Waals surface area contributed by atoms with Crippen LogP contribution in [0.3, 0.4) is 0 Å². The van der Waals surface area contributed by atoms with Gasteiger partial charge in [0.05, 0.1) is 0 Å².